The zero-order chi connectivity index (χ0) is 27.0. The van der Waals surface area contributed by atoms with Crippen LogP contribution in [0.4, 0.5) is 17.1 Å². The minimum absolute atomic E-state index is 0. The van der Waals surface area contributed by atoms with E-state index in [1.807, 2.05) is 0 Å². The first-order valence-corrected chi connectivity index (χ1v) is 12.1. The first kappa shape index (κ1) is 30.7. The summed E-state index contributed by atoms with van der Waals surface area (Å²) >= 11 is 0.521. The first-order valence-electron chi connectivity index (χ1n) is 9.96. The zero-order valence-corrected chi connectivity index (χ0v) is 21.6. The van der Waals surface area contributed by atoms with Crippen LogP contribution in [0.3, 0.4) is 0 Å². The van der Waals surface area contributed by atoms with Gasteiger partial charge < -0.3 is 25.3 Å². The maximum atomic E-state index is 11.6. The molecule has 0 aromatic heterocycles. The van der Waals surface area contributed by atoms with Crippen molar-refractivity contribution in [3.63, 3.8) is 0 Å². The summed E-state index contributed by atoms with van der Waals surface area (Å²) in [4.78, 5) is 11.3. The van der Waals surface area contributed by atoms with Gasteiger partial charge in [-0.3, -0.25) is 10.5 Å². The molecular formula is C21H17CuN5O9S2-. The number of hydrogen-bond donors (Lipinski definition) is 4. The van der Waals surface area contributed by atoms with E-state index in [0.717, 1.165) is 12.1 Å². The van der Waals surface area contributed by atoms with Crippen LogP contribution in [0, 0.1) is 0 Å². The minimum atomic E-state index is -4.86. The molecule has 0 fully saturated rings. The summed E-state index contributed by atoms with van der Waals surface area (Å²) in [5.74, 6) is -1.83. The number of benzene rings is 3. The summed E-state index contributed by atoms with van der Waals surface area (Å²) in [6, 6.07) is 14.0. The molecule has 3 aromatic rings. The summed E-state index contributed by atoms with van der Waals surface area (Å²) in [5.41, 5.74) is 2.25. The first-order chi connectivity index (χ1) is 17.6. The molecule has 0 aliphatic heterocycles. The van der Waals surface area contributed by atoms with E-state index in [4.69, 9.17) is 0 Å². The zero-order valence-electron chi connectivity index (χ0n) is 19.0. The van der Waals surface area contributed by atoms with Gasteiger partial charge >= 0.3 is 23.0 Å². The number of nitrogens with zero attached hydrogens (tertiary/aromatic N) is 3. The molecule has 0 atom stereocenters. The fourth-order valence-electron chi connectivity index (χ4n) is 2.85. The van der Waals surface area contributed by atoms with Crippen molar-refractivity contribution in [3.05, 3.63) is 71.8 Å². The summed E-state index contributed by atoms with van der Waals surface area (Å²) in [6.45, 7) is 0. The maximum absolute atomic E-state index is 11.6. The van der Waals surface area contributed by atoms with E-state index < -0.39 is 26.7 Å². The number of azo groups is 1. The third kappa shape index (κ3) is 7.98. The molecule has 14 nitrogen and oxygen atoms in total. The third-order valence-electron chi connectivity index (χ3n) is 4.57. The van der Waals surface area contributed by atoms with Gasteiger partial charge in [0.05, 0.1) is 28.2 Å². The minimum Gasteiger partial charge on any atom is -0.744 e. The predicted molar refractivity (Wildman–Crippen MR) is 128 cm³/mol. The van der Waals surface area contributed by atoms with Crippen LogP contribution in [0.25, 0.3) is 0 Å². The SMILES string of the molecule is CNc1cc(S(=O)(=O)[O-])cc(N/N=C(\N=Nc2cc(SOO[O-])ccc2C(=O)O)c2ccccc2)c1O.[Cu+]. The molecule has 0 radical (unpaired) electrons. The average molecular weight is 611 g/mol. The Hall–Kier alpha value is -3.54. The van der Waals surface area contributed by atoms with Crippen molar-refractivity contribution < 1.29 is 59.7 Å². The molecule has 38 heavy (non-hydrogen) atoms. The van der Waals surface area contributed by atoms with Gasteiger partial charge in [-0.05, 0) is 30.3 Å². The summed E-state index contributed by atoms with van der Waals surface area (Å²) in [5, 5.41) is 47.9. The molecule has 0 aliphatic carbocycles. The standard InChI is InChI=1S/C21H19N5O9S2.Cu/c1-22-17-10-14(37(31,32)33)11-18(19(17)27)24-26-20(12-5-3-2-4-6-12)25-23-16-9-13(36-35-34-30)7-8-15(16)21(28)29;/h2-11,22,24,27,30H,1H3,(H,28,29)(H,31,32,33);/q;+1/p-2/b25-23?,26-20-;. The summed E-state index contributed by atoms with van der Waals surface area (Å²) < 4.78 is 38.8. The number of phenolic OH excluding ortho intramolecular Hbond substituents is 1. The van der Waals surface area contributed by atoms with Crippen molar-refractivity contribution in [2.75, 3.05) is 17.8 Å². The second kappa shape index (κ2) is 13.8. The van der Waals surface area contributed by atoms with Crippen LogP contribution < -0.4 is 16.0 Å². The Morgan fingerprint density at radius 2 is 1.76 bits per heavy atom. The van der Waals surface area contributed by atoms with Crippen molar-refractivity contribution in [2.24, 2.45) is 15.3 Å². The van der Waals surface area contributed by atoms with Crippen LogP contribution in [0.5, 0.6) is 5.75 Å². The van der Waals surface area contributed by atoms with Crippen molar-refractivity contribution in [1.82, 2.24) is 0 Å². The van der Waals surface area contributed by atoms with E-state index in [0.29, 0.717) is 17.6 Å². The number of rotatable bonds is 10. The molecule has 3 rings (SSSR count). The molecule has 0 bridgehead atoms. The molecule has 0 amide bonds. The Balaban J connectivity index is 0.00000507. The Kier molecular flexibility index (Phi) is 11.2. The van der Waals surface area contributed by atoms with E-state index in [9.17, 15) is 33.2 Å². The van der Waals surface area contributed by atoms with Crippen LogP contribution in [0.1, 0.15) is 15.9 Å². The molecule has 0 saturated carbocycles. The van der Waals surface area contributed by atoms with Gasteiger partial charge in [-0.1, -0.05) is 30.3 Å². The molecule has 3 aromatic carbocycles. The Bertz CT molecular complexity index is 1450. The number of phenols is 1. The van der Waals surface area contributed by atoms with E-state index in [1.54, 1.807) is 30.3 Å². The normalized spacial score (nSPS) is 11.7. The van der Waals surface area contributed by atoms with Gasteiger partial charge in [0.25, 0.3) is 0 Å². The van der Waals surface area contributed by atoms with Gasteiger partial charge in [0.1, 0.15) is 21.5 Å². The number of amidine groups is 1. The van der Waals surface area contributed by atoms with E-state index >= 15 is 0 Å². The molecular weight excluding hydrogens is 594 g/mol. The largest absolute Gasteiger partial charge is 1.00 e. The topological polar surface area (TPSA) is 217 Å². The summed E-state index contributed by atoms with van der Waals surface area (Å²) in [6.07, 6.45) is 0. The number of carboxylic acid groups (broad SMARTS) is 1. The fourth-order valence-corrected chi connectivity index (χ4v) is 3.77. The number of anilines is 2. The van der Waals surface area contributed by atoms with Crippen LogP contribution >= 0.6 is 12.0 Å². The average Bonchev–Trinajstić information content (AvgIpc) is 2.88. The quantitative estimate of drug-likeness (QED) is 0.0300. The van der Waals surface area contributed by atoms with Gasteiger partial charge in [-0.2, -0.15) is 9.44 Å². The number of aromatic carboxylic acids is 1. The Labute approximate surface area is 230 Å². The molecule has 0 spiro atoms. The molecule has 0 unspecified atom stereocenters. The molecule has 0 saturated heterocycles. The molecule has 0 heterocycles. The Morgan fingerprint density at radius 1 is 1.08 bits per heavy atom. The van der Waals surface area contributed by atoms with Crippen molar-refractivity contribution in [2.45, 2.75) is 9.79 Å². The maximum Gasteiger partial charge on any atom is 1.00 e. The van der Waals surface area contributed by atoms with Crippen LogP contribution in [-0.2, 0) is 36.6 Å². The number of nitrogens with one attached hydrogen (secondary N) is 2. The smallest absolute Gasteiger partial charge is 0.744 e. The number of hydrogen-bond acceptors (Lipinski definition) is 13. The van der Waals surface area contributed by atoms with E-state index in [2.05, 4.69) is 35.4 Å². The number of hydrazone groups is 1. The molecule has 4 N–H and O–H groups in total. The fraction of sp³-hybridized carbons (Fsp3) is 0.0476. The van der Waals surface area contributed by atoms with Crippen molar-refractivity contribution in [3.8, 4) is 5.75 Å². The van der Waals surface area contributed by atoms with Crippen molar-refractivity contribution in [1.29, 1.82) is 0 Å². The second-order valence-electron chi connectivity index (χ2n) is 6.89. The number of carboxylic acids is 1. The van der Waals surface area contributed by atoms with Crippen LogP contribution in [0.15, 0.2) is 85.8 Å². The van der Waals surface area contributed by atoms with E-state index in [1.165, 1.54) is 25.2 Å². The van der Waals surface area contributed by atoms with Gasteiger partial charge in [-0.15, -0.1) is 10.2 Å². The third-order valence-corrected chi connectivity index (χ3v) is 5.95. The Morgan fingerprint density at radius 3 is 2.37 bits per heavy atom. The molecule has 204 valence electrons. The van der Waals surface area contributed by atoms with Gasteiger partial charge in [0, 0.05) is 17.5 Å². The van der Waals surface area contributed by atoms with Gasteiger partial charge in [0.15, 0.2) is 5.75 Å². The monoisotopic (exact) mass is 610 g/mol. The van der Waals surface area contributed by atoms with Crippen molar-refractivity contribution >= 4 is 51.0 Å². The number of aromatic hydroxyl groups is 1. The van der Waals surface area contributed by atoms with Crippen LogP contribution in [-0.4, -0.2) is 42.0 Å². The molecule has 0 aliphatic rings. The predicted octanol–water partition coefficient (Wildman–Crippen LogP) is 2.82. The number of carbonyl (C=O) groups is 1. The van der Waals surface area contributed by atoms with Gasteiger partial charge in [-0.25, -0.2) is 13.2 Å². The van der Waals surface area contributed by atoms with Crippen LogP contribution in [0.2, 0.25) is 0 Å². The van der Waals surface area contributed by atoms with Gasteiger partial charge in [0.2, 0.25) is 5.84 Å². The van der Waals surface area contributed by atoms with E-state index in [-0.39, 0.29) is 50.4 Å². The second-order valence-corrected chi connectivity index (χ2v) is 9.04. The molecule has 17 heteroatoms. The summed E-state index contributed by atoms with van der Waals surface area (Å²) in [7, 11) is -3.45.